The summed E-state index contributed by atoms with van der Waals surface area (Å²) in [6.45, 7) is 2.76. The molecule has 6 unspecified atom stereocenters. The maximum atomic E-state index is 11.9. The van der Waals surface area contributed by atoms with Crippen molar-refractivity contribution in [2.24, 2.45) is 0 Å². The molecule has 9 atom stereocenters. The minimum Gasteiger partial charge on any atom is -0.463 e. The van der Waals surface area contributed by atoms with E-state index in [9.17, 15) is 39.3 Å². The molecule has 216 valence electrons. The van der Waals surface area contributed by atoms with Crippen molar-refractivity contribution in [2.75, 3.05) is 19.8 Å². The van der Waals surface area contributed by atoms with Gasteiger partial charge in [0.05, 0.1) is 6.61 Å². The molecule has 3 N–H and O–H groups in total. The van der Waals surface area contributed by atoms with Crippen LogP contribution in [0.4, 0.5) is 0 Å². The SMILES string of the molecule is CC(=O)OCC1OC(O[C@]2(CO)OC(CO)[C@H](OC(C)=O)[C@H]2OC(C)=O)C(OC(C)=O)C(OC(C)=O)C1O. The van der Waals surface area contributed by atoms with E-state index < -0.39 is 104 Å². The van der Waals surface area contributed by atoms with Crippen LogP contribution in [0, 0.1) is 0 Å². The van der Waals surface area contributed by atoms with Gasteiger partial charge in [0.2, 0.25) is 12.1 Å². The molecule has 0 saturated carbocycles. The van der Waals surface area contributed by atoms with Gasteiger partial charge in [-0.3, -0.25) is 24.0 Å². The standard InChI is InChI=1S/C22H32O16/c1-9(25)31-7-15-16(30)18(33-11(3)27)19(34-12(4)28)21(36-15)38-22(8-24)20(35-13(5)29)17(32-10(2)26)14(6-23)37-22/h14-21,23-24,30H,6-8H2,1-5H3/t14?,15?,16?,17-,18?,19?,20+,21?,22-/m0/s1. The van der Waals surface area contributed by atoms with Crippen molar-refractivity contribution in [3.8, 4) is 0 Å². The van der Waals surface area contributed by atoms with E-state index in [0.717, 1.165) is 34.6 Å². The maximum Gasteiger partial charge on any atom is 0.303 e. The first kappa shape index (κ1) is 31.3. The minimum absolute atomic E-state index is 0.559. The van der Waals surface area contributed by atoms with Gasteiger partial charge in [0, 0.05) is 34.6 Å². The number of aliphatic hydroxyl groups is 3. The largest absolute Gasteiger partial charge is 0.463 e. The molecule has 0 aromatic rings. The Morgan fingerprint density at radius 3 is 1.74 bits per heavy atom. The van der Waals surface area contributed by atoms with E-state index in [2.05, 4.69) is 0 Å². The van der Waals surface area contributed by atoms with Crippen LogP contribution in [-0.2, 0) is 61.9 Å². The molecule has 2 aliphatic heterocycles. The first-order valence-electron chi connectivity index (χ1n) is 11.5. The van der Waals surface area contributed by atoms with Crippen LogP contribution in [0.15, 0.2) is 0 Å². The smallest absolute Gasteiger partial charge is 0.303 e. The average Bonchev–Trinajstić information content (AvgIpc) is 3.08. The van der Waals surface area contributed by atoms with Gasteiger partial charge in [0.25, 0.3) is 0 Å². The number of rotatable bonds is 10. The van der Waals surface area contributed by atoms with E-state index in [1.807, 2.05) is 0 Å². The van der Waals surface area contributed by atoms with Gasteiger partial charge in [-0.05, 0) is 0 Å². The number of carbonyl (C=O) groups is 5. The Hall–Kier alpha value is -2.89. The summed E-state index contributed by atoms with van der Waals surface area (Å²) in [6, 6.07) is 0. The lowest BCUT2D eigenvalue weighted by molar-refractivity contribution is -0.384. The first-order chi connectivity index (χ1) is 17.7. The number of carbonyl (C=O) groups excluding carboxylic acids is 5. The highest BCUT2D eigenvalue weighted by Crippen LogP contribution is 2.40. The Morgan fingerprint density at radius 2 is 1.26 bits per heavy atom. The van der Waals surface area contributed by atoms with E-state index in [4.69, 9.17) is 37.9 Å². The Kier molecular flexibility index (Phi) is 10.9. The number of hydrogen-bond donors (Lipinski definition) is 3. The van der Waals surface area contributed by atoms with E-state index in [1.165, 1.54) is 0 Å². The van der Waals surface area contributed by atoms with Crippen molar-refractivity contribution in [2.45, 2.75) is 89.4 Å². The molecular formula is C22H32O16. The Morgan fingerprint density at radius 1 is 0.737 bits per heavy atom. The normalized spacial score (nSPS) is 34.6. The third-order valence-corrected chi connectivity index (χ3v) is 5.43. The Balaban J connectivity index is 2.55. The van der Waals surface area contributed by atoms with Crippen molar-refractivity contribution in [3.63, 3.8) is 0 Å². The van der Waals surface area contributed by atoms with Gasteiger partial charge in [0.1, 0.15) is 31.5 Å². The zero-order valence-electron chi connectivity index (χ0n) is 21.4. The molecule has 0 amide bonds. The van der Waals surface area contributed by atoms with Crippen LogP contribution in [0.2, 0.25) is 0 Å². The fraction of sp³-hybridized carbons (Fsp3) is 0.773. The molecule has 0 spiro atoms. The molecule has 2 saturated heterocycles. The highest BCUT2D eigenvalue weighted by molar-refractivity contribution is 5.68. The predicted octanol–water partition coefficient (Wildman–Crippen LogP) is -2.54. The molecule has 0 aromatic carbocycles. The van der Waals surface area contributed by atoms with E-state index in [1.54, 1.807) is 0 Å². The zero-order valence-corrected chi connectivity index (χ0v) is 21.4. The summed E-state index contributed by atoms with van der Waals surface area (Å²) in [7, 11) is 0. The second kappa shape index (κ2) is 13.3. The molecule has 2 aliphatic rings. The van der Waals surface area contributed by atoms with E-state index >= 15 is 0 Å². The van der Waals surface area contributed by atoms with Crippen molar-refractivity contribution in [1.82, 2.24) is 0 Å². The van der Waals surface area contributed by atoms with Crippen LogP contribution in [-0.4, -0.2) is 120 Å². The van der Waals surface area contributed by atoms with Crippen molar-refractivity contribution >= 4 is 29.8 Å². The summed E-state index contributed by atoms with van der Waals surface area (Å²) in [6.07, 6.45) is -12.8. The number of esters is 5. The fourth-order valence-corrected chi connectivity index (χ4v) is 4.06. The highest BCUT2D eigenvalue weighted by atomic mass is 16.8. The molecule has 38 heavy (non-hydrogen) atoms. The van der Waals surface area contributed by atoms with Crippen molar-refractivity contribution in [1.29, 1.82) is 0 Å². The lowest BCUT2D eigenvalue weighted by Gasteiger charge is -2.45. The fourth-order valence-electron chi connectivity index (χ4n) is 4.06. The molecule has 16 nitrogen and oxygen atoms in total. The van der Waals surface area contributed by atoms with Crippen LogP contribution < -0.4 is 0 Å². The topological polar surface area (TPSA) is 220 Å². The van der Waals surface area contributed by atoms with Crippen LogP contribution in [0.25, 0.3) is 0 Å². The van der Waals surface area contributed by atoms with Gasteiger partial charge in [-0.25, -0.2) is 0 Å². The minimum atomic E-state index is -2.39. The zero-order chi connectivity index (χ0) is 28.8. The summed E-state index contributed by atoms with van der Waals surface area (Å²) < 4.78 is 42.9. The molecule has 0 bridgehead atoms. The monoisotopic (exact) mass is 552 g/mol. The summed E-state index contributed by atoms with van der Waals surface area (Å²) in [5, 5.41) is 30.9. The number of aliphatic hydroxyl groups excluding tert-OH is 3. The van der Waals surface area contributed by atoms with Gasteiger partial charge in [-0.15, -0.1) is 0 Å². The van der Waals surface area contributed by atoms with E-state index in [0.29, 0.717) is 0 Å². The van der Waals surface area contributed by atoms with Crippen LogP contribution >= 0.6 is 0 Å². The molecule has 2 heterocycles. The van der Waals surface area contributed by atoms with Crippen LogP contribution in [0.5, 0.6) is 0 Å². The van der Waals surface area contributed by atoms with Crippen LogP contribution in [0.1, 0.15) is 34.6 Å². The van der Waals surface area contributed by atoms with Gasteiger partial charge in [-0.2, -0.15) is 0 Å². The molecule has 0 radical (unpaired) electrons. The molecule has 2 rings (SSSR count). The Labute approximate surface area is 216 Å². The van der Waals surface area contributed by atoms with Gasteiger partial charge in [-0.1, -0.05) is 0 Å². The van der Waals surface area contributed by atoms with Gasteiger partial charge in [0.15, 0.2) is 24.4 Å². The van der Waals surface area contributed by atoms with Gasteiger partial charge >= 0.3 is 29.8 Å². The molecule has 2 fully saturated rings. The molecular weight excluding hydrogens is 520 g/mol. The summed E-state index contributed by atoms with van der Waals surface area (Å²) in [5.74, 6) is -6.67. The first-order valence-corrected chi connectivity index (χ1v) is 11.5. The number of ether oxygens (including phenoxy) is 8. The lowest BCUT2D eigenvalue weighted by atomic mass is 9.98. The Bertz CT molecular complexity index is 891. The molecule has 0 aromatic heterocycles. The third kappa shape index (κ3) is 7.58. The molecule has 16 heteroatoms. The van der Waals surface area contributed by atoms with Crippen LogP contribution in [0.3, 0.4) is 0 Å². The second-order valence-corrected chi connectivity index (χ2v) is 8.51. The van der Waals surface area contributed by atoms with Crippen molar-refractivity contribution < 1.29 is 77.2 Å². The van der Waals surface area contributed by atoms with Crippen molar-refractivity contribution in [3.05, 3.63) is 0 Å². The maximum absolute atomic E-state index is 11.9. The average molecular weight is 552 g/mol. The lowest BCUT2D eigenvalue weighted by Crippen LogP contribution is -2.65. The summed E-state index contributed by atoms with van der Waals surface area (Å²) in [4.78, 5) is 58.6. The second-order valence-electron chi connectivity index (χ2n) is 8.51. The quantitative estimate of drug-likeness (QED) is 0.188. The van der Waals surface area contributed by atoms with E-state index in [-0.39, 0.29) is 0 Å². The predicted molar refractivity (Wildman–Crippen MR) is 116 cm³/mol. The third-order valence-electron chi connectivity index (χ3n) is 5.43. The molecule has 0 aliphatic carbocycles. The summed E-state index contributed by atoms with van der Waals surface area (Å²) >= 11 is 0. The number of hydrogen-bond acceptors (Lipinski definition) is 16. The van der Waals surface area contributed by atoms with Gasteiger partial charge < -0.3 is 53.2 Å². The highest BCUT2D eigenvalue weighted by Gasteiger charge is 2.63. The summed E-state index contributed by atoms with van der Waals surface area (Å²) in [5.41, 5.74) is 0.